The van der Waals surface area contributed by atoms with Crippen LogP contribution in [0, 0.1) is 11.6 Å². The van der Waals surface area contributed by atoms with Crippen LogP contribution in [0.15, 0.2) is 67.1 Å². The molecule has 0 radical (unpaired) electrons. The Labute approximate surface area is 135 Å². The first-order valence-corrected chi connectivity index (χ1v) is 6.97. The molecule has 1 N–H and O–H groups in total. The number of benzene rings is 1. The van der Waals surface area contributed by atoms with Gasteiger partial charge in [-0.15, -0.1) is 0 Å². The predicted molar refractivity (Wildman–Crippen MR) is 88.2 cm³/mol. The monoisotopic (exact) mass is 318 g/mol. The topological polar surface area (TPSA) is 32.3 Å². The number of rotatable bonds is 7. The van der Waals surface area contributed by atoms with Gasteiger partial charge in [-0.05, 0) is 25.1 Å². The van der Waals surface area contributed by atoms with E-state index in [0.717, 1.165) is 12.1 Å². The molecule has 3 nitrogen and oxygen atoms in total. The fraction of sp³-hybridized carbons (Fsp3) is 0.167. The van der Waals surface area contributed by atoms with Gasteiger partial charge in [0.25, 0.3) is 5.91 Å². The molecular formula is C18H20F2N2O. The molecule has 23 heavy (non-hydrogen) atoms. The van der Waals surface area contributed by atoms with Crippen molar-refractivity contribution >= 4 is 5.91 Å². The molecule has 1 aromatic carbocycles. The summed E-state index contributed by atoms with van der Waals surface area (Å²) in [6, 6.07) is 3.29. The molecule has 0 aliphatic rings. The molecule has 1 amide bonds. The van der Waals surface area contributed by atoms with Gasteiger partial charge in [0.1, 0.15) is 11.6 Å². The highest BCUT2D eigenvalue weighted by molar-refractivity contribution is 5.92. The van der Waals surface area contributed by atoms with Gasteiger partial charge in [0, 0.05) is 42.7 Å². The van der Waals surface area contributed by atoms with Crippen LogP contribution in [0.3, 0.4) is 0 Å². The minimum Gasteiger partial charge on any atom is -0.361 e. The Hall–Kier alpha value is -2.69. The first kappa shape index (κ1) is 18.4. The van der Waals surface area contributed by atoms with Crippen LogP contribution < -0.4 is 5.32 Å². The van der Waals surface area contributed by atoms with Crippen LogP contribution >= 0.6 is 0 Å². The quantitative estimate of drug-likeness (QED) is 0.614. The number of hydrogen-bond acceptors (Lipinski definition) is 2. The maximum Gasteiger partial charge on any atom is 0.250 e. The molecule has 122 valence electrons. The lowest BCUT2D eigenvalue weighted by Crippen LogP contribution is -2.28. The Balaban J connectivity index is 2.77. The second kappa shape index (κ2) is 8.68. The maximum atomic E-state index is 13.6. The van der Waals surface area contributed by atoms with Gasteiger partial charge in [-0.25, -0.2) is 8.78 Å². The van der Waals surface area contributed by atoms with E-state index >= 15 is 0 Å². The Morgan fingerprint density at radius 2 is 2.04 bits per heavy atom. The van der Waals surface area contributed by atoms with Crippen LogP contribution in [0.25, 0.3) is 0 Å². The molecule has 0 unspecified atom stereocenters. The summed E-state index contributed by atoms with van der Waals surface area (Å²) in [5.74, 6) is -1.60. The van der Waals surface area contributed by atoms with Gasteiger partial charge in [0.2, 0.25) is 0 Å². The van der Waals surface area contributed by atoms with Crippen molar-refractivity contribution in [3.05, 3.63) is 84.3 Å². The highest BCUT2D eigenvalue weighted by atomic mass is 19.1. The third-order valence-electron chi connectivity index (χ3n) is 3.08. The third-order valence-corrected chi connectivity index (χ3v) is 3.08. The lowest BCUT2D eigenvalue weighted by molar-refractivity contribution is -0.126. The Morgan fingerprint density at radius 1 is 1.35 bits per heavy atom. The largest absolute Gasteiger partial charge is 0.361 e. The summed E-state index contributed by atoms with van der Waals surface area (Å²) in [7, 11) is 1.55. The van der Waals surface area contributed by atoms with Gasteiger partial charge in [-0.3, -0.25) is 4.79 Å². The number of hydrogen-bond donors (Lipinski definition) is 1. The first-order chi connectivity index (χ1) is 10.9. The molecule has 0 aliphatic carbocycles. The molecule has 0 heterocycles. The highest BCUT2D eigenvalue weighted by Gasteiger charge is 2.13. The van der Waals surface area contributed by atoms with Crippen LogP contribution in [0.5, 0.6) is 0 Å². The van der Waals surface area contributed by atoms with E-state index in [1.54, 1.807) is 32.2 Å². The number of carbonyl (C=O) groups excluding carboxylic acids is 1. The molecule has 0 aromatic heterocycles. The average Bonchev–Trinajstić information content (AvgIpc) is 2.52. The molecule has 0 saturated heterocycles. The van der Waals surface area contributed by atoms with Crippen LogP contribution in [-0.4, -0.2) is 17.9 Å². The van der Waals surface area contributed by atoms with Crippen LogP contribution in [0.4, 0.5) is 8.78 Å². The van der Waals surface area contributed by atoms with E-state index in [0.29, 0.717) is 11.3 Å². The first-order valence-electron chi connectivity index (χ1n) is 6.97. The van der Waals surface area contributed by atoms with Crippen molar-refractivity contribution in [1.82, 2.24) is 10.2 Å². The molecule has 0 aliphatic heterocycles. The fourth-order valence-electron chi connectivity index (χ4n) is 1.83. The summed E-state index contributed by atoms with van der Waals surface area (Å²) in [5.41, 5.74) is 1.38. The van der Waals surface area contributed by atoms with Crippen molar-refractivity contribution in [2.75, 3.05) is 7.05 Å². The minimum atomic E-state index is -0.674. The molecule has 1 rings (SSSR count). The van der Waals surface area contributed by atoms with E-state index in [4.69, 9.17) is 0 Å². The molecule has 0 saturated carbocycles. The summed E-state index contributed by atoms with van der Waals surface area (Å²) in [6.45, 7) is 8.90. The molecule has 5 heteroatoms. The van der Waals surface area contributed by atoms with Gasteiger partial charge in [0.15, 0.2) is 0 Å². The Bertz CT molecular complexity index is 663. The smallest absolute Gasteiger partial charge is 0.250 e. The van der Waals surface area contributed by atoms with Crippen molar-refractivity contribution in [2.45, 2.75) is 13.5 Å². The van der Waals surface area contributed by atoms with Crippen LogP contribution in [0.2, 0.25) is 0 Å². The van der Waals surface area contributed by atoms with Crippen molar-refractivity contribution < 1.29 is 13.6 Å². The lowest BCUT2D eigenvalue weighted by Gasteiger charge is -2.18. The summed E-state index contributed by atoms with van der Waals surface area (Å²) < 4.78 is 26.5. The molecule has 0 spiro atoms. The lowest BCUT2D eigenvalue weighted by atomic mass is 10.2. The maximum absolute atomic E-state index is 13.6. The highest BCUT2D eigenvalue weighted by Crippen LogP contribution is 2.12. The van der Waals surface area contributed by atoms with E-state index < -0.39 is 11.6 Å². The summed E-state index contributed by atoms with van der Waals surface area (Å²) in [5, 5.41) is 2.93. The predicted octanol–water partition coefficient (Wildman–Crippen LogP) is 3.67. The van der Waals surface area contributed by atoms with Crippen LogP contribution in [-0.2, 0) is 11.3 Å². The van der Waals surface area contributed by atoms with Gasteiger partial charge in [0.05, 0.1) is 0 Å². The summed E-state index contributed by atoms with van der Waals surface area (Å²) in [6.07, 6.45) is 6.43. The van der Waals surface area contributed by atoms with E-state index in [1.807, 2.05) is 0 Å². The second-order valence-electron chi connectivity index (χ2n) is 4.93. The number of halogens is 2. The number of nitrogens with zero attached hydrogens (tertiary/aromatic N) is 1. The van der Waals surface area contributed by atoms with Gasteiger partial charge >= 0.3 is 0 Å². The zero-order valence-corrected chi connectivity index (χ0v) is 13.3. The zero-order chi connectivity index (χ0) is 17.4. The van der Waals surface area contributed by atoms with Crippen molar-refractivity contribution in [2.24, 2.45) is 0 Å². The number of likely N-dealkylation sites (N-methyl/N-ethyl adjacent to an activating group) is 1. The Kier molecular flexibility index (Phi) is 6.93. The van der Waals surface area contributed by atoms with Crippen molar-refractivity contribution in [3.8, 4) is 0 Å². The van der Waals surface area contributed by atoms with Gasteiger partial charge < -0.3 is 10.2 Å². The normalized spacial score (nSPS) is 11.8. The van der Waals surface area contributed by atoms with E-state index in [9.17, 15) is 13.6 Å². The number of nitrogens with one attached hydrogen (secondary N) is 1. The SMILES string of the molecule is C=C/C=C(/C=C)N/C=C(\C)C(=O)N(C)Cc1ccc(F)cc1F. The number of carbonyl (C=O) groups is 1. The van der Waals surface area contributed by atoms with Crippen LogP contribution in [0.1, 0.15) is 12.5 Å². The Morgan fingerprint density at radius 3 is 2.61 bits per heavy atom. The van der Waals surface area contributed by atoms with E-state index in [-0.39, 0.29) is 18.0 Å². The third kappa shape index (κ3) is 5.54. The van der Waals surface area contributed by atoms with Crippen molar-refractivity contribution in [1.29, 1.82) is 0 Å². The molecule has 0 atom stereocenters. The fourth-order valence-corrected chi connectivity index (χ4v) is 1.83. The van der Waals surface area contributed by atoms with Gasteiger partial charge in [-0.1, -0.05) is 25.3 Å². The number of allylic oxidation sites excluding steroid dienone is 3. The molecule has 1 aromatic rings. The second-order valence-corrected chi connectivity index (χ2v) is 4.93. The van der Waals surface area contributed by atoms with E-state index in [2.05, 4.69) is 18.5 Å². The van der Waals surface area contributed by atoms with Gasteiger partial charge in [-0.2, -0.15) is 0 Å². The van der Waals surface area contributed by atoms with Crippen molar-refractivity contribution in [3.63, 3.8) is 0 Å². The minimum absolute atomic E-state index is 0.0486. The average molecular weight is 318 g/mol. The summed E-state index contributed by atoms with van der Waals surface area (Å²) >= 11 is 0. The van der Waals surface area contributed by atoms with E-state index in [1.165, 1.54) is 17.2 Å². The standard InChI is InChI=1S/C18H20F2N2O/c1-5-7-16(6-2)21-11-13(3)18(23)22(4)12-14-8-9-15(19)10-17(14)20/h5-11,21H,1-2,12H2,3-4H3/b13-11+,16-7-. The molecule has 0 bridgehead atoms. The zero-order valence-electron chi connectivity index (χ0n) is 13.3. The molecule has 0 fully saturated rings. The summed E-state index contributed by atoms with van der Waals surface area (Å²) in [4.78, 5) is 13.6. The number of amides is 1. The molecular weight excluding hydrogens is 298 g/mol.